The summed E-state index contributed by atoms with van der Waals surface area (Å²) in [7, 11) is 0. The SMILES string of the molecule is CC(C)(C)OC(=O)N1CCCC2(CNC(=O)C2)C1. The molecular weight excluding hydrogens is 232 g/mol. The monoisotopic (exact) mass is 254 g/mol. The van der Waals surface area contributed by atoms with Crippen LogP contribution in [0.5, 0.6) is 0 Å². The second-order valence-electron chi connectivity index (χ2n) is 6.46. The molecule has 2 fully saturated rings. The topological polar surface area (TPSA) is 58.6 Å². The van der Waals surface area contributed by atoms with E-state index in [0.29, 0.717) is 19.5 Å². The van der Waals surface area contributed by atoms with Crippen LogP contribution in [-0.4, -0.2) is 42.1 Å². The van der Waals surface area contributed by atoms with Gasteiger partial charge in [-0.1, -0.05) is 0 Å². The number of hydrogen-bond acceptors (Lipinski definition) is 3. The number of likely N-dealkylation sites (tertiary alicyclic amines) is 1. The normalized spacial score (nSPS) is 28.4. The first-order chi connectivity index (χ1) is 8.30. The van der Waals surface area contributed by atoms with Gasteiger partial charge in [-0.2, -0.15) is 0 Å². The molecule has 2 rings (SSSR count). The lowest BCUT2D eigenvalue weighted by molar-refractivity contribution is -0.120. The van der Waals surface area contributed by atoms with Crippen LogP contribution in [0.1, 0.15) is 40.0 Å². The lowest BCUT2D eigenvalue weighted by Gasteiger charge is -2.39. The molecule has 1 spiro atoms. The number of carbonyl (C=O) groups is 2. The van der Waals surface area contributed by atoms with Crippen LogP contribution in [0.15, 0.2) is 0 Å². The molecule has 1 unspecified atom stereocenters. The second kappa shape index (κ2) is 4.44. The highest BCUT2D eigenvalue weighted by Gasteiger charge is 2.43. The molecule has 2 heterocycles. The maximum Gasteiger partial charge on any atom is 0.410 e. The summed E-state index contributed by atoms with van der Waals surface area (Å²) in [4.78, 5) is 25.2. The zero-order valence-electron chi connectivity index (χ0n) is 11.4. The summed E-state index contributed by atoms with van der Waals surface area (Å²) < 4.78 is 5.39. The van der Waals surface area contributed by atoms with Crippen LogP contribution >= 0.6 is 0 Å². The van der Waals surface area contributed by atoms with Crippen molar-refractivity contribution in [3.8, 4) is 0 Å². The molecule has 1 N–H and O–H groups in total. The molecule has 0 aromatic carbocycles. The molecule has 0 radical (unpaired) electrons. The second-order valence-corrected chi connectivity index (χ2v) is 6.46. The van der Waals surface area contributed by atoms with Gasteiger partial charge < -0.3 is 15.0 Å². The van der Waals surface area contributed by atoms with Crippen LogP contribution in [0.3, 0.4) is 0 Å². The maximum atomic E-state index is 12.0. The van der Waals surface area contributed by atoms with Crippen molar-refractivity contribution in [1.29, 1.82) is 0 Å². The Kier molecular flexibility index (Phi) is 3.25. The summed E-state index contributed by atoms with van der Waals surface area (Å²) in [5.41, 5.74) is -0.530. The summed E-state index contributed by atoms with van der Waals surface area (Å²) in [5, 5.41) is 2.87. The average Bonchev–Trinajstić information content (AvgIpc) is 2.57. The molecule has 2 aliphatic rings. The molecule has 2 saturated heterocycles. The van der Waals surface area contributed by atoms with E-state index in [0.717, 1.165) is 19.4 Å². The van der Waals surface area contributed by atoms with Crippen LogP contribution in [-0.2, 0) is 9.53 Å². The molecule has 2 aliphatic heterocycles. The van der Waals surface area contributed by atoms with Crippen molar-refractivity contribution in [1.82, 2.24) is 10.2 Å². The van der Waals surface area contributed by atoms with Crippen LogP contribution in [0.25, 0.3) is 0 Å². The van der Waals surface area contributed by atoms with Crippen molar-refractivity contribution < 1.29 is 14.3 Å². The van der Waals surface area contributed by atoms with Crippen LogP contribution in [0.2, 0.25) is 0 Å². The third kappa shape index (κ3) is 2.94. The number of nitrogens with one attached hydrogen (secondary N) is 1. The van der Waals surface area contributed by atoms with Crippen molar-refractivity contribution in [3.05, 3.63) is 0 Å². The Bertz CT molecular complexity index is 362. The third-order valence-electron chi connectivity index (χ3n) is 3.51. The molecule has 5 heteroatoms. The van der Waals surface area contributed by atoms with Crippen molar-refractivity contribution >= 4 is 12.0 Å². The highest BCUT2D eigenvalue weighted by atomic mass is 16.6. The van der Waals surface area contributed by atoms with E-state index in [9.17, 15) is 9.59 Å². The molecule has 5 nitrogen and oxygen atoms in total. The van der Waals surface area contributed by atoms with Crippen molar-refractivity contribution in [2.45, 2.75) is 45.6 Å². The van der Waals surface area contributed by atoms with Gasteiger partial charge in [-0.25, -0.2) is 4.79 Å². The highest BCUT2D eigenvalue weighted by Crippen LogP contribution is 2.36. The first-order valence-corrected chi connectivity index (χ1v) is 6.54. The fourth-order valence-electron chi connectivity index (χ4n) is 2.73. The minimum Gasteiger partial charge on any atom is -0.444 e. The number of amides is 2. The van der Waals surface area contributed by atoms with E-state index in [1.54, 1.807) is 4.90 Å². The zero-order valence-corrected chi connectivity index (χ0v) is 11.4. The molecule has 18 heavy (non-hydrogen) atoms. The predicted molar refractivity (Wildman–Crippen MR) is 67.1 cm³/mol. The van der Waals surface area contributed by atoms with Crippen LogP contribution < -0.4 is 5.32 Å². The number of carbonyl (C=O) groups excluding carboxylic acids is 2. The van der Waals surface area contributed by atoms with Gasteiger partial charge in [0.15, 0.2) is 0 Å². The molecular formula is C13H22N2O3. The molecule has 0 bridgehead atoms. The van der Waals surface area contributed by atoms with Crippen molar-refractivity contribution in [2.75, 3.05) is 19.6 Å². The zero-order chi connectivity index (χ0) is 13.4. The molecule has 1 atom stereocenters. The first-order valence-electron chi connectivity index (χ1n) is 6.54. The lowest BCUT2D eigenvalue weighted by Crippen LogP contribution is -2.48. The van der Waals surface area contributed by atoms with Gasteiger partial charge in [0.2, 0.25) is 5.91 Å². The van der Waals surface area contributed by atoms with Gasteiger partial charge in [-0.15, -0.1) is 0 Å². The molecule has 0 saturated carbocycles. The summed E-state index contributed by atoms with van der Waals surface area (Å²) in [6, 6.07) is 0. The predicted octanol–water partition coefficient (Wildman–Crippen LogP) is 1.52. The number of piperidine rings is 1. The lowest BCUT2D eigenvalue weighted by atomic mass is 9.79. The first kappa shape index (κ1) is 13.2. The van der Waals surface area contributed by atoms with Gasteiger partial charge in [-0.05, 0) is 33.6 Å². The fourth-order valence-corrected chi connectivity index (χ4v) is 2.73. The largest absolute Gasteiger partial charge is 0.444 e. The van der Waals surface area contributed by atoms with E-state index in [4.69, 9.17) is 4.74 Å². The minimum absolute atomic E-state index is 0.0633. The molecule has 0 aromatic rings. The van der Waals surface area contributed by atoms with E-state index >= 15 is 0 Å². The number of rotatable bonds is 0. The Hall–Kier alpha value is -1.26. The standard InChI is InChI=1S/C13H22N2O3/c1-12(2,3)18-11(17)15-6-4-5-13(9-15)7-10(16)14-8-13/h4-9H2,1-3H3,(H,14,16). The Morgan fingerprint density at radius 3 is 2.72 bits per heavy atom. The van der Waals surface area contributed by atoms with Gasteiger partial charge in [0, 0.05) is 31.5 Å². The van der Waals surface area contributed by atoms with E-state index in [1.807, 2.05) is 20.8 Å². The average molecular weight is 254 g/mol. The maximum absolute atomic E-state index is 12.0. The molecule has 0 aromatic heterocycles. The third-order valence-corrected chi connectivity index (χ3v) is 3.51. The van der Waals surface area contributed by atoms with E-state index in [2.05, 4.69) is 5.32 Å². The van der Waals surface area contributed by atoms with Crippen molar-refractivity contribution in [3.63, 3.8) is 0 Å². The van der Waals surface area contributed by atoms with Gasteiger partial charge in [0.25, 0.3) is 0 Å². The van der Waals surface area contributed by atoms with Gasteiger partial charge in [0.1, 0.15) is 5.60 Å². The minimum atomic E-state index is -0.467. The Labute approximate surface area is 108 Å². The number of hydrogen-bond donors (Lipinski definition) is 1. The smallest absolute Gasteiger partial charge is 0.410 e. The Balaban J connectivity index is 1.99. The van der Waals surface area contributed by atoms with Crippen LogP contribution in [0.4, 0.5) is 4.79 Å². The van der Waals surface area contributed by atoms with E-state index in [1.165, 1.54) is 0 Å². The molecule has 2 amide bonds. The summed E-state index contributed by atoms with van der Waals surface area (Å²) in [6.45, 7) is 7.64. The number of ether oxygens (including phenoxy) is 1. The van der Waals surface area contributed by atoms with E-state index < -0.39 is 5.60 Å². The number of nitrogens with zero attached hydrogens (tertiary/aromatic N) is 1. The van der Waals surface area contributed by atoms with Crippen molar-refractivity contribution in [2.24, 2.45) is 5.41 Å². The van der Waals surface area contributed by atoms with E-state index in [-0.39, 0.29) is 17.4 Å². The highest BCUT2D eigenvalue weighted by molar-refractivity contribution is 5.79. The van der Waals surface area contributed by atoms with Gasteiger partial charge >= 0.3 is 6.09 Å². The fraction of sp³-hybridized carbons (Fsp3) is 0.846. The van der Waals surface area contributed by atoms with Gasteiger partial charge in [0.05, 0.1) is 0 Å². The van der Waals surface area contributed by atoms with Crippen LogP contribution in [0, 0.1) is 5.41 Å². The van der Waals surface area contributed by atoms with Gasteiger partial charge in [-0.3, -0.25) is 4.79 Å². The summed E-state index contributed by atoms with van der Waals surface area (Å²) >= 11 is 0. The Morgan fingerprint density at radius 1 is 1.44 bits per heavy atom. The summed E-state index contributed by atoms with van der Waals surface area (Å²) in [6.07, 6.45) is 2.21. The quantitative estimate of drug-likeness (QED) is 0.713. The Morgan fingerprint density at radius 2 is 2.17 bits per heavy atom. The summed E-state index contributed by atoms with van der Waals surface area (Å²) in [5.74, 6) is 0.0982. The molecule has 102 valence electrons. The molecule has 0 aliphatic carbocycles.